The minimum atomic E-state index is -3.52. The Bertz CT molecular complexity index is 315. The average Bonchev–Trinajstić information content (AvgIpc) is 2.25. The van der Waals surface area contributed by atoms with Crippen molar-refractivity contribution in [1.29, 1.82) is 0 Å². The van der Waals surface area contributed by atoms with Gasteiger partial charge in [0.25, 0.3) is 0 Å². The molecular formula is C9H21N3O3S. The second kappa shape index (κ2) is 6.17. The van der Waals surface area contributed by atoms with Crippen molar-refractivity contribution in [2.45, 2.75) is 32.2 Å². The highest BCUT2D eigenvalue weighted by Gasteiger charge is 2.27. The van der Waals surface area contributed by atoms with E-state index >= 15 is 0 Å². The molecule has 0 aromatic rings. The van der Waals surface area contributed by atoms with Crippen LogP contribution in [0.1, 0.15) is 26.7 Å². The molecule has 0 aromatic heterocycles. The van der Waals surface area contributed by atoms with Gasteiger partial charge in [0.05, 0.1) is 5.54 Å². The lowest BCUT2D eigenvalue weighted by Gasteiger charge is -2.31. The molecule has 16 heavy (non-hydrogen) atoms. The predicted molar refractivity (Wildman–Crippen MR) is 63.4 cm³/mol. The molecule has 0 radical (unpaired) electrons. The van der Waals surface area contributed by atoms with Crippen molar-refractivity contribution in [2.24, 2.45) is 5.73 Å². The normalized spacial score (nSPS) is 12.5. The Balaban J connectivity index is 4.55. The summed E-state index contributed by atoms with van der Waals surface area (Å²) in [5.74, 6) is -1.09. The number of nitrogens with one attached hydrogen (secondary N) is 2. The Morgan fingerprint density at radius 1 is 1.31 bits per heavy atom. The summed E-state index contributed by atoms with van der Waals surface area (Å²) < 4.78 is 24.4. The molecule has 0 saturated heterocycles. The van der Waals surface area contributed by atoms with Crippen molar-refractivity contribution in [2.75, 3.05) is 19.3 Å². The van der Waals surface area contributed by atoms with Crippen molar-refractivity contribution in [1.82, 2.24) is 10.0 Å². The van der Waals surface area contributed by atoms with E-state index in [1.165, 1.54) is 7.05 Å². The van der Waals surface area contributed by atoms with Crippen molar-refractivity contribution in [3.8, 4) is 0 Å². The van der Waals surface area contributed by atoms with Gasteiger partial charge in [-0.2, -0.15) is 0 Å². The Morgan fingerprint density at radius 3 is 2.12 bits per heavy atom. The third-order valence-electron chi connectivity index (χ3n) is 2.78. The van der Waals surface area contributed by atoms with E-state index in [1.807, 2.05) is 13.8 Å². The monoisotopic (exact) mass is 251 g/mol. The third kappa shape index (κ3) is 4.46. The molecule has 0 bridgehead atoms. The number of carbonyl (C=O) groups is 1. The van der Waals surface area contributed by atoms with E-state index < -0.39 is 27.2 Å². The van der Waals surface area contributed by atoms with E-state index in [1.54, 1.807) is 0 Å². The zero-order valence-electron chi connectivity index (χ0n) is 10.0. The lowest BCUT2D eigenvalue weighted by Crippen LogP contribution is -2.54. The standard InChI is InChI=1S/C9H21N3O3S/c1-4-9(5-2,7-10)12-8(13)6-16(14,15)11-3/h11H,4-7,10H2,1-3H3,(H,12,13). The Morgan fingerprint density at radius 2 is 1.81 bits per heavy atom. The lowest BCUT2D eigenvalue weighted by atomic mass is 9.93. The predicted octanol–water partition coefficient (Wildman–Crippen LogP) is -0.831. The molecular weight excluding hydrogens is 230 g/mol. The molecule has 0 aliphatic heterocycles. The first-order valence-corrected chi connectivity index (χ1v) is 6.92. The van der Waals surface area contributed by atoms with Crippen LogP contribution in [0.15, 0.2) is 0 Å². The lowest BCUT2D eigenvalue weighted by molar-refractivity contribution is -0.120. The Hall–Kier alpha value is -0.660. The molecule has 6 nitrogen and oxygen atoms in total. The molecule has 0 rings (SSSR count). The van der Waals surface area contributed by atoms with Crippen LogP contribution in [0, 0.1) is 0 Å². The molecule has 0 aromatic carbocycles. The zero-order valence-corrected chi connectivity index (χ0v) is 10.9. The summed E-state index contributed by atoms with van der Waals surface area (Å²) in [5, 5.41) is 2.69. The van der Waals surface area contributed by atoms with Gasteiger partial charge in [-0.3, -0.25) is 4.79 Å². The highest BCUT2D eigenvalue weighted by molar-refractivity contribution is 7.90. The molecule has 0 saturated carbocycles. The molecule has 1 amide bonds. The van der Waals surface area contributed by atoms with Crippen LogP contribution in [0.2, 0.25) is 0 Å². The van der Waals surface area contributed by atoms with Gasteiger partial charge in [-0.05, 0) is 19.9 Å². The van der Waals surface area contributed by atoms with Gasteiger partial charge in [-0.15, -0.1) is 0 Å². The van der Waals surface area contributed by atoms with Crippen LogP contribution in [-0.4, -0.2) is 39.2 Å². The van der Waals surface area contributed by atoms with Crippen molar-refractivity contribution >= 4 is 15.9 Å². The maximum absolute atomic E-state index is 11.5. The number of amides is 1. The van der Waals surface area contributed by atoms with Crippen LogP contribution >= 0.6 is 0 Å². The van der Waals surface area contributed by atoms with Gasteiger partial charge in [0, 0.05) is 6.54 Å². The van der Waals surface area contributed by atoms with Gasteiger partial charge in [0.15, 0.2) is 0 Å². The number of rotatable bonds is 7. The quantitative estimate of drug-likeness (QED) is 0.549. The second-order valence-electron chi connectivity index (χ2n) is 3.70. The summed E-state index contributed by atoms with van der Waals surface area (Å²) in [5.41, 5.74) is 5.09. The van der Waals surface area contributed by atoms with Crippen LogP contribution in [0.5, 0.6) is 0 Å². The van der Waals surface area contributed by atoms with Crippen LogP contribution in [0.25, 0.3) is 0 Å². The minimum absolute atomic E-state index is 0.297. The molecule has 0 unspecified atom stereocenters. The maximum atomic E-state index is 11.5. The first kappa shape index (κ1) is 15.3. The first-order valence-electron chi connectivity index (χ1n) is 5.27. The fourth-order valence-electron chi connectivity index (χ4n) is 1.34. The van der Waals surface area contributed by atoms with Gasteiger partial charge in [-0.1, -0.05) is 13.8 Å². The molecule has 0 aliphatic rings. The maximum Gasteiger partial charge on any atom is 0.237 e. The van der Waals surface area contributed by atoms with Crippen LogP contribution in [0.4, 0.5) is 0 Å². The van der Waals surface area contributed by atoms with E-state index in [0.717, 1.165) is 0 Å². The largest absolute Gasteiger partial charge is 0.348 e. The highest BCUT2D eigenvalue weighted by Crippen LogP contribution is 2.12. The molecule has 0 spiro atoms. The summed E-state index contributed by atoms with van der Waals surface area (Å²) in [6, 6.07) is 0. The summed E-state index contributed by atoms with van der Waals surface area (Å²) in [4.78, 5) is 11.5. The first-order chi connectivity index (χ1) is 7.34. The summed E-state index contributed by atoms with van der Waals surface area (Å²) in [6.45, 7) is 4.11. The number of hydrogen-bond acceptors (Lipinski definition) is 4. The van der Waals surface area contributed by atoms with Crippen LogP contribution in [0.3, 0.4) is 0 Å². The molecule has 0 fully saturated rings. The average molecular weight is 251 g/mol. The fourth-order valence-corrected chi connectivity index (χ4v) is 1.90. The summed E-state index contributed by atoms with van der Waals surface area (Å²) in [6.07, 6.45) is 1.34. The second-order valence-corrected chi connectivity index (χ2v) is 5.63. The number of sulfonamides is 1. The van der Waals surface area contributed by atoms with Gasteiger partial charge < -0.3 is 11.1 Å². The van der Waals surface area contributed by atoms with E-state index in [4.69, 9.17) is 5.73 Å². The number of carbonyl (C=O) groups excluding carboxylic acids is 1. The number of nitrogens with two attached hydrogens (primary N) is 1. The molecule has 0 heterocycles. The Kier molecular flexibility index (Phi) is 5.91. The zero-order chi connectivity index (χ0) is 12.8. The summed E-state index contributed by atoms with van der Waals surface area (Å²) in [7, 11) is -2.24. The molecule has 0 aliphatic carbocycles. The van der Waals surface area contributed by atoms with Crippen LogP contribution in [-0.2, 0) is 14.8 Å². The van der Waals surface area contributed by atoms with E-state index in [0.29, 0.717) is 19.4 Å². The van der Waals surface area contributed by atoms with Crippen molar-refractivity contribution in [3.63, 3.8) is 0 Å². The van der Waals surface area contributed by atoms with Gasteiger partial charge in [-0.25, -0.2) is 13.1 Å². The SMILES string of the molecule is CCC(CC)(CN)NC(=O)CS(=O)(=O)NC. The third-order valence-corrected chi connectivity index (χ3v) is 4.05. The highest BCUT2D eigenvalue weighted by atomic mass is 32.2. The molecule has 4 N–H and O–H groups in total. The van der Waals surface area contributed by atoms with Crippen molar-refractivity contribution < 1.29 is 13.2 Å². The molecule has 0 atom stereocenters. The van der Waals surface area contributed by atoms with Crippen LogP contribution < -0.4 is 15.8 Å². The molecule has 7 heteroatoms. The van der Waals surface area contributed by atoms with Gasteiger partial charge in [0.2, 0.25) is 15.9 Å². The van der Waals surface area contributed by atoms with Gasteiger partial charge >= 0.3 is 0 Å². The van der Waals surface area contributed by atoms with Gasteiger partial charge in [0.1, 0.15) is 5.75 Å². The minimum Gasteiger partial charge on any atom is -0.348 e. The summed E-state index contributed by atoms with van der Waals surface area (Å²) >= 11 is 0. The smallest absolute Gasteiger partial charge is 0.237 e. The molecule has 96 valence electrons. The topological polar surface area (TPSA) is 101 Å². The van der Waals surface area contributed by atoms with E-state index in [9.17, 15) is 13.2 Å². The Labute approximate surface area is 97.0 Å². The van der Waals surface area contributed by atoms with E-state index in [-0.39, 0.29) is 0 Å². The van der Waals surface area contributed by atoms with Crippen molar-refractivity contribution in [3.05, 3.63) is 0 Å². The number of hydrogen-bond donors (Lipinski definition) is 3. The van der Waals surface area contributed by atoms with E-state index in [2.05, 4.69) is 10.0 Å². The fraction of sp³-hybridized carbons (Fsp3) is 0.889.